The SMILES string of the molecule is Cc1ccc(CSc2nc3c(c(=O)[nH]c(=O)n3C)n2C[C@H](O)COc2ccccc2C)cc1. The number of aryl methyl sites for hydroxylation is 3. The summed E-state index contributed by atoms with van der Waals surface area (Å²) in [5.41, 5.74) is 2.72. The number of nitrogens with one attached hydrogen (secondary N) is 1. The Kier molecular flexibility index (Phi) is 6.71. The minimum atomic E-state index is -0.891. The van der Waals surface area contributed by atoms with Crippen molar-refractivity contribution < 1.29 is 9.84 Å². The van der Waals surface area contributed by atoms with Gasteiger partial charge in [0.1, 0.15) is 18.5 Å². The molecule has 2 aromatic heterocycles. The highest BCUT2D eigenvalue weighted by atomic mass is 32.2. The Bertz CT molecular complexity index is 1390. The quantitative estimate of drug-likeness (QED) is 0.387. The number of para-hydroxylation sites is 1. The Balaban J connectivity index is 1.62. The van der Waals surface area contributed by atoms with Gasteiger partial charge in [0, 0.05) is 12.8 Å². The molecule has 2 aromatic carbocycles. The van der Waals surface area contributed by atoms with Crippen LogP contribution in [-0.4, -0.2) is 36.9 Å². The fourth-order valence-electron chi connectivity index (χ4n) is 3.49. The van der Waals surface area contributed by atoms with Gasteiger partial charge in [-0.1, -0.05) is 59.8 Å². The number of H-pyrrole nitrogens is 1. The van der Waals surface area contributed by atoms with Crippen LogP contribution in [0.5, 0.6) is 5.75 Å². The number of aliphatic hydroxyl groups is 1. The predicted molar refractivity (Wildman–Crippen MR) is 129 cm³/mol. The van der Waals surface area contributed by atoms with E-state index in [-0.39, 0.29) is 24.3 Å². The Morgan fingerprint density at radius 1 is 1.12 bits per heavy atom. The van der Waals surface area contributed by atoms with Gasteiger partial charge in [-0.15, -0.1) is 0 Å². The van der Waals surface area contributed by atoms with Gasteiger partial charge >= 0.3 is 5.69 Å². The first-order chi connectivity index (χ1) is 15.8. The molecule has 0 aliphatic carbocycles. The summed E-state index contributed by atoms with van der Waals surface area (Å²) in [6, 6.07) is 15.7. The highest BCUT2D eigenvalue weighted by molar-refractivity contribution is 7.98. The predicted octanol–water partition coefficient (Wildman–Crippen LogP) is 2.77. The number of fused-ring (bicyclic) bond motifs is 1. The largest absolute Gasteiger partial charge is 0.491 e. The highest BCUT2D eigenvalue weighted by Gasteiger charge is 2.20. The van der Waals surface area contributed by atoms with Crippen molar-refractivity contribution in [1.82, 2.24) is 19.1 Å². The van der Waals surface area contributed by atoms with Crippen LogP contribution in [0.15, 0.2) is 63.3 Å². The van der Waals surface area contributed by atoms with Crippen molar-refractivity contribution in [3.8, 4) is 5.75 Å². The van der Waals surface area contributed by atoms with E-state index in [1.54, 1.807) is 11.6 Å². The number of aliphatic hydroxyl groups excluding tert-OH is 1. The van der Waals surface area contributed by atoms with Crippen molar-refractivity contribution in [3.05, 3.63) is 86.1 Å². The first-order valence-corrected chi connectivity index (χ1v) is 11.6. The Morgan fingerprint density at radius 2 is 1.85 bits per heavy atom. The summed E-state index contributed by atoms with van der Waals surface area (Å²) in [5, 5.41) is 11.3. The molecule has 2 heterocycles. The Hall–Kier alpha value is -3.30. The van der Waals surface area contributed by atoms with E-state index in [0.29, 0.717) is 16.7 Å². The number of aromatic amines is 1. The number of benzene rings is 2. The normalized spacial score (nSPS) is 12.2. The molecule has 0 saturated heterocycles. The third kappa shape index (κ3) is 5.04. The summed E-state index contributed by atoms with van der Waals surface area (Å²) >= 11 is 1.45. The average Bonchev–Trinajstić information content (AvgIpc) is 3.15. The minimum absolute atomic E-state index is 0.0518. The molecule has 2 N–H and O–H groups in total. The molecule has 0 unspecified atom stereocenters. The summed E-state index contributed by atoms with van der Waals surface area (Å²) in [7, 11) is 1.56. The molecule has 8 nitrogen and oxygen atoms in total. The van der Waals surface area contributed by atoms with Crippen LogP contribution in [0.25, 0.3) is 11.2 Å². The number of hydrogen-bond acceptors (Lipinski definition) is 6. The third-order valence-electron chi connectivity index (χ3n) is 5.38. The lowest BCUT2D eigenvalue weighted by molar-refractivity contribution is 0.0910. The second-order valence-electron chi connectivity index (χ2n) is 8.00. The minimum Gasteiger partial charge on any atom is -0.491 e. The van der Waals surface area contributed by atoms with Crippen LogP contribution in [0.2, 0.25) is 0 Å². The molecule has 1 atom stereocenters. The molecule has 4 rings (SSSR count). The Morgan fingerprint density at radius 3 is 2.58 bits per heavy atom. The van der Waals surface area contributed by atoms with E-state index >= 15 is 0 Å². The standard InChI is InChI=1S/C24H26N4O4S/c1-15-8-10-17(11-9-15)14-33-24-25-21-20(22(30)26-23(31)27(21)3)28(24)12-18(29)13-32-19-7-5-4-6-16(19)2/h4-11,18,29H,12-14H2,1-3H3,(H,26,30,31)/t18-/m0/s1. The van der Waals surface area contributed by atoms with Crippen LogP contribution in [0.3, 0.4) is 0 Å². The second kappa shape index (κ2) is 9.68. The highest BCUT2D eigenvalue weighted by Crippen LogP contribution is 2.26. The molecule has 0 amide bonds. The van der Waals surface area contributed by atoms with Gasteiger partial charge in [-0.05, 0) is 31.0 Å². The number of ether oxygens (including phenoxy) is 1. The molecular formula is C24H26N4O4S. The molecule has 0 radical (unpaired) electrons. The molecule has 0 spiro atoms. The summed E-state index contributed by atoms with van der Waals surface area (Å²) < 4.78 is 8.75. The fraction of sp³-hybridized carbons (Fsp3) is 0.292. The molecule has 4 aromatic rings. The number of rotatable bonds is 8. The summed E-state index contributed by atoms with van der Waals surface area (Å²) in [5.74, 6) is 1.33. The van der Waals surface area contributed by atoms with Gasteiger partial charge in [-0.3, -0.25) is 14.3 Å². The van der Waals surface area contributed by atoms with Crippen molar-refractivity contribution in [1.29, 1.82) is 0 Å². The molecular weight excluding hydrogens is 440 g/mol. The third-order valence-corrected chi connectivity index (χ3v) is 6.43. The van der Waals surface area contributed by atoms with Crippen molar-refractivity contribution in [2.45, 2.75) is 37.4 Å². The fourth-order valence-corrected chi connectivity index (χ4v) is 4.46. The van der Waals surface area contributed by atoms with E-state index in [1.807, 2.05) is 62.4 Å². The molecule has 0 saturated carbocycles. The van der Waals surface area contributed by atoms with E-state index in [9.17, 15) is 14.7 Å². The first-order valence-electron chi connectivity index (χ1n) is 10.6. The zero-order valence-electron chi connectivity index (χ0n) is 18.7. The molecule has 0 aliphatic heterocycles. The van der Waals surface area contributed by atoms with Crippen molar-refractivity contribution in [2.75, 3.05) is 6.61 Å². The van der Waals surface area contributed by atoms with Gasteiger partial charge in [0.25, 0.3) is 5.56 Å². The molecule has 33 heavy (non-hydrogen) atoms. The van der Waals surface area contributed by atoms with Crippen LogP contribution < -0.4 is 16.0 Å². The van der Waals surface area contributed by atoms with Crippen LogP contribution in [-0.2, 0) is 19.3 Å². The van der Waals surface area contributed by atoms with E-state index in [0.717, 1.165) is 11.1 Å². The monoisotopic (exact) mass is 466 g/mol. The van der Waals surface area contributed by atoms with Crippen LogP contribution in [0.1, 0.15) is 16.7 Å². The molecule has 0 aliphatic rings. The molecule has 0 fully saturated rings. The smallest absolute Gasteiger partial charge is 0.329 e. The van der Waals surface area contributed by atoms with Gasteiger partial charge in [0.2, 0.25) is 0 Å². The maximum absolute atomic E-state index is 12.7. The Labute approximate surface area is 194 Å². The van der Waals surface area contributed by atoms with Gasteiger partial charge < -0.3 is 14.4 Å². The van der Waals surface area contributed by atoms with Crippen LogP contribution in [0.4, 0.5) is 0 Å². The number of aromatic nitrogens is 4. The topological polar surface area (TPSA) is 102 Å². The number of hydrogen-bond donors (Lipinski definition) is 2. The molecule has 172 valence electrons. The van der Waals surface area contributed by atoms with Gasteiger partial charge in [-0.25, -0.2) is 9.78 Å². The van der Waals surface area contributed by atoms with Gasteiger partial charge in [0.15, 0.2) is 16.3 Å². The summed E-state index contributed by atoms with van der Waals surface area (Å²) in [4.78, 5) is 31.6. The van der Waals surface area contributed by atoms with Gasteiger partial charge in [-0.2, -0.15) is 0 Å². The maximum atomic E-state index is 12.7. The average molecular weight is 467 g/mol. The van der Waals surface area contributed by atoms with E-state index in [2.05, 4.69) is 9.97 Å². The van der Waals surface area contributed by atoms with E-state index in [4.69, 9.17) is 4.74 Å². The zero-order chi connectivity index (χ0) is 23.5. The lowest BCUT2D eigenvalue weighted by Crippen LogP contribution is -2.30. The number of nitrogens with zero attached hydrogens (tertiary/aromatic N) is 3. The van der Waals surface area contributed by atoms with Crippen LogP contribution in [0, 0.1) is 13.8 Å². The lowest BCUT2D eigenvalue weighted by Gasteiger charge is -2.16. The summed E-state index contributed by atoms with van der Waals surface area (Å²) in [6.07, 6.45) is -0.891. The van der Waals surface area contributed by atoms with Crippen molar-refractivity contribution in [2.24, 2.45) is 7.05 Å². The summed E-state index contributed by atoms with van der Waals surface area (Å²) in [6.45, 7) is 4.12. The van der Waals surface area contributed by atoms with Crippen molar-refractivity contribution in [3.63, 3.8) is 0 Å². The van der Waals surface area contributed by atoms with E-state index in [1.165, 1.54) is 21.9 Å². The van der Waals surface area contributed by atoms with Crippen molar-refractivity contribution >= 4 is 22.9 Å². The van der Waals surface area contributed by atoms with Crippen LogP contribution >= 0.6 is 11.8 Å². The maximum Gasteiger partial charge on any atom is 0.329 e. The van der Waals surface area contributed by atoms with E-state index < -0.39 is 17.4 Å². The lowest BCUT2D eigenvalue weighted by atomic mass is 10.2. The zero-order valence-corrected chi connectivity index (χ0v) is 19.6. The first kappa shape index (κ1) is 22.9. The number of imidazole rings is 1. The molecule has 0 bridgehead atoms. The molecule has 9 heteroatoms. The number of thioether (sulfide) groups is 1. The van der Waals surface area contributed by atoms with Gasteiger partial charge in [0.05, 0.1) is 6.54 Å². The second-order valence-corrected chi connectivity index (χ2v) is 8.94.